The van der Waals surface area contributed by atoms with Crippen LogP contribution in [0, 0.1) is 0 Å². The summed E-state index contributed by atoms with van der Waals surface area (Å²) in [6.07, 6.45) is -4.88. The summed E-state index contributed by atoms with van der Waals surface area (Å²) in [7, 11) is 1.42. The standard InChI is InChI=1S/C19H17ClF3N3O3/c1-11(25-26-18(28)13-5-3-4-6-16(13)29-2)9-17(27)24-12-7-8-15(20)14(10-12)19(21,22)23/h3-8,10H,9H2,1-2H3,(H,24,27)(H,26,28)/b25-11+. The van der Waals surface area contributed by atoms with Crippen LogP contribution in [0.2, 0.25) is 5.02 Å². The second-order valence-corrected chi connectivity index (χ2v) is 6.31. The Labute approximate surface area is 169 Å². The van der Waals surface area contributed by atoms with Crippen molar-refractivity contribution in [2.24, 2.45) is 5.10 Å². The van der Waals surface area contributed by atoms with Gasteiger partial charge in [-0.25, -0.2) is 5.43 Å². The predicted molar refractivity (Wildman–Crippen MR) is 103 cm³/mol. The lowest BCUT2D eigenvalue weighted by Crippen LogP contribution is -2.22. The van der Waals surface area contributed by atoms with Crippen molar-refractivity contribution in [1.82, 2.24) is 5.43 Å². The number of hydrogen-bond acceptors (Lipinski definition) is 4. The van der Waals surface area contributed by atoms with Crippen LogP contribution >= 0.6 is 11.6 Å². The zero-order chi connectivity index (χ0) is 21.6. The number of para-hydroxylation sites is 1. The number of ether oxygens (including phenoxy) is 1. The summed E-state index contributed by atoms with van der Waals surface area (Å²) in [6.45, 7) is 1.49. The van der Waals surface area contributed by atoms with Gasteiger partial charge < -0.3 is 10.1 Å². The number of carbonyl (C=O) groups excluding carboxylic acids is 2. The maximum Gasteiger partial charge on any atom is 0.417 e. The summed E-state index contributed by atoms with van der Waals surface area (Å²) >= 11 is 5.54. The first kappa shape index (κ1) is 22.2. The van der Waals surface area contributed by atoms with E-state index in [0.29, 0.717) is 5.75 Å². The molecule has 0 saturated heterocycles. The predicted octanol–water partition coefficient (Wildman–Crippen LogP) is 4.50. The van der Waals surface area contributed by atoms with Crippen LogP contribution in [-0.2, 0) is 11.0 Å². The van der Waals surface area contributed by atoms with Crippen molar-refractivity contribution < 1.29 is 27.5 Å². The Bertz CT molecular complexity index is 946. The fourth-order valence-electron chi connectivity index (χ4n) is 2.34. The van der Waals surface area contributed by atoms with Crippen molar-refractivity contribution >= 4 is 34.8 Å². The van der Waals surface area contributed by atoms with Gasteiger partial charge in [-0.05, 0) is 37.3 Å². The fraction of sp³-hybridized carbons (Fsp3) is 0.211. The third kappa shape index (κ3) is 6.21. The smallest absolute Gasteiger partial charge is 0.417 e. The third-order valence-corrected chi connectivity index (χ3v) is 4.00. The molecule has 6 nitrogen and oxygen atoms in total. The Kier molecular flexibility index (Phi) is 7.22. The number of nitrogens with zero attached hydrogens (tertiary/aromatic N) is 1. The van der Waals surface area contributed by atoms with Crippen molar-refractivity contribution in [2.75, 3.05) is 12.4 Å². The van der Waals surface area contributed by atoms with Crippen LogP contribution in [0.5, 0.6) is 5.75 Å². The van der Waals surface area contributed by atoms with E-state index in [0.717, 1.165) is 12.1 Å². The normalized spacial score (nSPS) is 11.7. The van der Waals surface area contributed by atoms with Gasteiger partial charge in [0.05, 0.1) is 29.7 Å². The highest BCUT2D eigenvalue weighted by molar-refractivity contribution is 6.31. The monoisotopic (exact) mass is 427 g/mol. The Hall–Kier alpha value is -3.07. The molecule has 0 radical (unpaired) electrons. The number of carbonyl (C=O) groups is 2. The van der Waals surface area contributed by atoms with Gasteiger partial charge in [-0.2, -0.15) is 18.3 Å². The van der Waals surface area contributed by atoms with Crippen LogP contribution in [0.1, 0.15) is 29.3 Å². The first-order valence-corrected chi connectivity index (χ1v) is 8.62. The number of rotatable bonds is 6. The minimum atomic E-state index is -4.64. The Morgan fingerprint density at radius 3 is 2.52 bits per heavy atom. The average Bonchev–Trinajstić information content (AvgIpc) is 2.66. The number of benzene rings is 2. The Morgan fingerprint density at radius 1 is 1.17 bits per heavy atom. The van der Waals surface area contributed by atoms with Crippen LogP contribution in [0.15, 0.2) is 47.6 Å². The highest BCUT2D eigenvalue weighted by Crippen LogP contribution is 2.36. The number of alkyl halides is 3. The lowest BCUT2D eigenvalue weighted by molar-refractivity contribution is -0.137. The molecular formula is C19H17ClF3N3O3. The molecule has 0 unspecified atom stereocenters. The molecule has 10 heteroatoms. The first-order chi connectivity index (χ1) is 13.6. The molecule has 0 heterocycles. The van der Waals surface area contributed by atoms with Gasteiger partial charge in [0, 0.05) is 11.4 Å². The molecule has 2 rings (SSSR count). The molecule has 0 aromatic heterocycles. The maximum absolute atomic E-state index is 12.9. The van der Waals surface area contributed by atoms with E-state index in [2.05, 4.69) is 15.8 Å². The summed E-state index contributed by atoms with van der Waals surface area (Å²) in [5, 5.41) is 5.70. The van der Waals surface area contributed by atoms with Crippen molar-refractivity contribution in [1.29, 1.82) is 0 Å². The van der Waals surface area contributed by atoms with Crippen molar-refractivity contribution in [3.8, 4) is 5.75 Å². The molecule has 0 aliphatic heterocycles. The van der Waals surface area contributed by atoms with Gasteiger partial charge in [-0.15, -0.1) is 0 Å². The minimum absolute atomic E-state index is 0.0578. The highest BCUT2D eigenvalue weighted by atomic mass is 35.5. The summed E-state index contributed by atoms with van der Waals surface area (Å²) in [5.74, 6) is -0.776. The zero-order valence-corrected chi connectivity index (χ0v) is 16.2. The van der Waals surface area contributed by atoms with Crippen LogP contribution in [-0.4, -0.2) is 24.6 Å². The van der Waals surface area contributed by atoms with Crippen molar-refractivity contribution in [3.63, 3.8) is 0 Å². The molecule has 0 fully saturated rings. The number of nitrogens with one attached hydrogen (secondary N) is 2. The molecule has 0 aliphatic rings. The Morgan fingerprint density at radius 2 is 1.86 bits per heavy atom. The van der Waals surface area contributed by atoms with E-state index < -0.39 is 28.6 Å². The molecule has 29 heavy (non-hydrogen) atoms. The second-order valence-electron chi connectivity index (χ2n) is 5.91. The van der Waals surface area contributed by atoms with E-state index in [1.54, 1.807) is 24.3 Å². The van der Waals surface area contributed by atoms with Crippen molar-refractivity contribution in [3.05, 3.63) is 58.6 Å². The quantitative estimate of drug-likeness (QED) is 0.526. The molecule has 154 valence electrons. The van der Waals surface area contributed by atoms with Gasteiger partial charge in [-0.1, -0.05) is 23.7 Å². The lowest BCUT2D eigenvalue weighted by atomic mass is 10.2. The fourth-order valence-corrected chi connectivity index (χ4v) is 2.56. The molecule has 0 saturated carbocycles. The van der Waals surface area contributed by atoms with E-state index in [4.69, 9.17) is 16.3 Å². The molecule has 2 aromatic carbocycles. The molecular weight excluding hydrogens is 411 g/mol. The minimum Gasteiger partial charge on any atom is -0.496 e. The first-order valence-electron chi connectivity index (χ1n) is 8.25. The lowest BCUT2D eigenvalue weighted by Gasteiger charge is -2.12. The topological polar surface area (TPSA) is 79.8 Å². The average molecular weight is 428 g/mol. The molecule has 0 spiro atoms. The van der Waals surface area contributed by atoms with E-state index in [1.807, 2.05) is 0 Å². The number of halogens is 4. The van der Waals surface area contributed by atoms with E-state index in [9.17, 15) is 22.8 Å². The van der Waals surface area contributed by atoms with Gasteiger partial charge >= 0.3 is 6.18 Å². The second kappa shape index (κ2) is 9.42. The van der Waals surface area contributed by atoms with E-state index >= 15 is 0 Å². The molecule has 0 aliphatic carbocycles. The van der Waals surface area contributed by atoms with Crippen LogP contribution in [0.4, 0.5) is 18.9 Å². The number of hydrazone groups is 1. The van der Waals surface area contributed by atoms with Gasteiger partial charge in [-0.3, -0.25) is 9.59 Å². The molecule has 2 amide bonds. The third-order valence-electron chi connectivity index (χ3n) is 3.67. The summed E-state index contributed by atoms with van der Waals surface area (Å²) in [5.41, 5.74) is 1.70. The maximum atomic E-state index is 12.9. The van der Waals surface area contributed by atoms with Gasteiger partial charge in [0.15, 0.2) is 0 Å². The largest absolute Gasteiger partial charge is 0.496 e. The summed E-state index contributed by atoms with van der Waals surface area (Å²) < 4.78 is 43.7. The van der Waals surface area contributed by atoms with Gasteiger partial charge in [0.1, 0.15) is 5.75 Å². The Balaban J connectivity index is 1.99. The number of methoxy groups -OCH3 is 1. The van der Waals surface area contributed by atoms with Gasteiger partial charge in [0.25, 0.3) is 5.91 Å². The molecule has 2 N–H and O–H groups in total. The molecule has 0 atom stereocenters. The summed E-state index contributed by atoms with van der Waals surface area (Å²) in [4.78, 5) is 24.2. The van der Waals surface area contributed by atoms with Crippen LogP contribution < -0.4 is 15.5 Å². The zero-order valence-electron chi connectivity index (χ0n) is 15.4. The number of amides is 2. The molecule has 2 aromatic rings. The van der Waals surface area contributed by atoms with E-state index in [1.165, 1.54) is 20.1 Å². The van der Waals surface area contributed by atoms with E-state index in [-0.39, 0.29) is 23.4 Å². The van der Waals surface area contributed by atoms with Crippen LogP contribution in [0.25, 0.3) is 0 Å². The van der Waals surface area contributed by atoms with Crippen molar-refractivity contribution in [2.45, 2.75) is 19.5 Å². The van der Waals surface area contributed by atoms with Crippen LogP contribution in [0.3, 0.4) is 0 Å². The highest BCUT2D eigenvalue weighted by Gasteiger charge is 2.33. The summed E-state index contributed by atoms with van der Waals surface area (Å²) in [6, 6.07) is 9.57. The van der Waals surface area contributed by atoms with Gasteiger partial charge in [0.2, 0.25) is 5.91 Å². The number of anilines is 1. The number of hydrogen-bond donors (Lipinski definition) is 2. The SMILES string of the molecule is COc1ccccc1C(=O)N/N=C(\C)CC(=O)Nc1ccc(Cl)c(C(F)(F)F)c1. The molecule has 0 bridgehead atoms.